The van der Waals surface area contributed by atoms with Gasteiger partial charge in [0.2, 0.25) is 0 Å². The highest BCUT2D eigenvalue weighted by atomic mass is 79.9. The highest BCUT2D eigenvalue weighted by molar-refractivity contribution is 9.10. The van der Waals surface area contributed by atoms with Gasteiger partial charge in [0.15, 0.2) is 5.41 Å². The van der Waals surface area contributed by atoms with Crippen LogP contribution in [0.5, 0.6) is 0 Å². The largest absolute Gasteiger partial charge is 0.422 e. The summed E-state index contributed by atoms with van der Waals surface area (Å²) in [4.78, 5) is 29.1. The summed E-state index contributed by atoms with van der Waals surface area (Å²) in [5.74, 6) is -1.91. The van der Waals surface area contributed by atoms with E-state index in [1.54, 1.807) is 13.8 Å². The number of esters is 2. The number of halogens is 1. The number of rotatable bonds is 1. The van der Waals surface area contributed by atoms with Gasteiger partial charge in [-0.2, -0.15) is 0 Å². The van der Waals surface area contributed by atoms with Crippen molar-refractivity contribution in [2.24, 2.45) is 5.41 Å². The van der Waals surface area contributed by atoms with Gasteiger partial charge in [0, 0.05) is 37.0 Å². The Morgan fingerprint density at radius 2 is 1.73 bits per heavy atom. The van der Waals surface area contributed by atoms with Crippen molar-refractivity contribution in [2.75, 3.05) is 11.4 Å². The minimum atomic E-state index is -1.34. The zero-order chi connectivity index (χ0) is 21.1. The minimum absolute atomic E-state index is 0.272. The summed E-state index contributed by atoms with van der Waals surface area (Å²) < 4.78 is 12.3. The van der Waals surface area contributed by atoms with Crippen molar-refractivity contribution in [1.29, 1.82) is 0 Å². The van der Waals surface area contributed by atoms with Gasteiger partial charge in [-0.3, -0.25) is 9.59 Å². The Morgan fingerprint density at radius 1 is 1.03 bits per heavy atom. The van der Waals surface area contributed by atoms with Gasteiger partial charge in [-0.05, 0) is 42.0 Å². The number of benzene rings is 2. The molecule has 30 heavy (non-hydrogen) atoms. The van der Waals surface area contributed by atoms with Crippen molar-refractivity contribution >= 4 is 33.6 Å². The maximum Gasteiger partial charge on any atom is 0.329 e. The van der Waals surface area contributed by atoms with Crippen molar-refractivity contribution in [3.8, 4) is 0 Å². The summed E-state index contributed by atoms with van der Waals surface area (Å²) >= 11 is 3.57. The molecule has 0 N–H and O–H groups in total. The number of piperidine rings is 1. The van der Waals surface area contributed by atoms with Crippen molar-refractivity contribution in [3.05, 3.63) is 64.1 Å². The molecule has 3 heterocycles. The Hall–Kier alpha value is -2.34. The zero-order valence-corrected chi connectivity index (χ0v) is 18.6. The molecule has 0 unspecified atom stereocenters. The molecule has 3 aliphatic heterocycles. The molecule has 0 aliphatic carbocycles. The number of hydrogen-bond donors (Lipinski definition) is 0. The van der Waals surface area contributed by atoms with E-state index in [9.17, 15) is 9.59 Å². The molecule has 2 aromatic carbocycles. The number of hydrogen-bond acceptors (Lipinski definition) is 5. The fourth-order valence-electron chi connectivity index (χ4n) is 5.27. The molecule has 3 aliphatic rings. The van der Waals surface area contributed by atoms with Crippen LogP contribution in [0.1, 0.15) is 43.7 Å². The Morgan fingerprint density at radius 3 is 2.43 bits per heavy atom. The number of cyclic esters (lactones) is 2. The van der Waals surface area contributed by atoms with Gasteiger partial charge < -0.3 is 14.4 Å². The second-order valence-corrected chi connectivity index (χ2v) is 9.86. The third kappa shape index (κ3) is 2.96. The van der Waals surface area contributed by atoms with E-state index in [1.807, 2.05) is 30.3 Å². The molecule has 156 valence electrons. The van der Waals surface area contributed by atoms with Crippen LogP contribution >= 0.6 is 15.9 Å². The average molecular weight is 470 g/mol. The maximum absolute atomic E-state index is 13.4. The molecule has 2 saturated heterocycles. The average Bonchev–Trinajstić information content (AvgIpc) is 2.72. The van der Waals surface area contributed by atoms with Crippen molar-refractivity contribution in [3.63, 3.8) is 0 Å². The first-order valence-corrected chi connectivity index (χ1v) is 11.2. The first-order valence-electron chi connectivity index (χ1n) is 10.4. The summed E-state index contributed by atoms with van der Waals surface area (Å²) in [6, 6.07) is 16.0. The Kier molecular flexibility index (Phi) is 4.47. The van der Waals surface area contributed by atoms with E-state index in [2.05, 4.69) is 39.0 Å². The first kappa shape index (κ1) is 19.6. The van der Waals surface area contributed by atoms with Crippen molar-refractivity contribution < 1.29 is 19.1 Å². The lowest BCUT2D eigenvalue weighted by Crippen LogP contribution is -2.67. The van der Waals surface area contributed by atoms with Gasteiger partial charge in [0.1, 0.15) is 0 Å². The van der Waals surface area contributed by atoms with Crippen LogP contribution in [-0.2, 0) is 25.5 Å². The molecule has 1 spiro atoms. The topological polar surface area (TPSA) is 55.8 Å². The summed E-state index contributed by atoms with van der Waals surface area (Å²) in [7, 11) is 0. The lowest BCUT2D eigenvalue weighted by atomic mass is 9.65. The summed E-state index contributed by atoms with van der Waals surface area (Å²) in [6.07, 6.45) is 1.95. The monoisotopic (exact) mass is 469 g/mol. The highest BCUT2D eigenvalue weighted by Crippen LogP contribution is 2.51. The van der Waals surface area contributed by atoms with Gasteiger partial charge in [0.25, 0.3) is 5.79 Å². The second kappa shape index (κ2) is 6.84. The van der Waals surface area contributed by atoms with Gasteiger partial charge in [-0.15, -0.1) is 0 Å². The fourth-order valence-corrected chi connectivity index (χ4v) is 5.62. The van der Waals surface area contributed by atoms with Crippen LogP contribution < -0.4 is 4.90 Å². The molecule has 0 aromatic heterocycles. The lowest BCUT2D eigenvalue weighted by Gasteiger charge is -2.54. The SMILES string of the molecule is CC1(C)OC(=O)C2(Cc3ccc(Br)cc3N3CC[C@@H](c4ccccc4)C[C@@H]32)C(=O)O1. The quantitative estimate of drug-likeness (QED) is 0.451. The normalized spacial score (nSPS) is 26.4. The van der Waals surface area contributed by atoms with Gasteiger partial charge in [-0.1, -0.05) is 52.3 Å². The smallest absolute Gasteiger partial charge is 0.329 e. The molecular weight excluding hydrogens is 446 g/mol. The first-order chi connectivity index (χ1) is 14.3. The van der Waals surface area contributed by atoms with E-state index >= 15 is 0 Å². The second-order valence-electron chi connectivity index (χ2n) is 8.94. The molecule has 2 fully saturated rings. The van der Waals surface area contributed by atoms with E-state index in [0.29, 0.717) is 12.8 Å². The molecule has 0 bridgehead atoms. The predicted molar refractivity (Wildman–Crippen MR) is 116 cm³/mol. The van der Waals surface area contributed by atoms with E-state index in [-0.39, 0.29) is 12.0 Å². The zero-order valence-electron chi connectivity index (χ0n) is 17.1. The Labute approximate surface area is 184 Å². The van der Waals surface area contributed by atoms with E-state index in [4.69, 9.17) is 9.47 Å². The molecule has 6 heteroatoms. The van der Waals surface area contributed by atoms with Gasteiger partial charge in [-0.25, -0.2) is 0 Å². The lowest BCUT2D eigenvalue weighted by molar-refractivity contribution is -0.253. The number of ether oxygens (including phenoxy) is 2. The van der Waals surface area contributed by atoms with Crippen LogP contribution in [0.2, 0.25) is 0 Å². The molecule has 2 aromatic rings. The van der Waals surface area contributed by atoms with Crippen LogP contribution in [0.4, 0.5) is 5.69 Å². The maximum atomic E-state index is 13.4. The molecular formula is C24H24BrNO4. The van der Waals surface area contributed by atoms with E-state index in [0.717, 1.165) is 28.7 Å². The summed E-state index contributed by atoms with van der Waals surface area (Å²) in [5.41, 5.74) is 1.95. The third-order valence-electron chi connectivity index (χ3n) is 6.67. The Bertz CT molecular complexity index is 999. The van der Waals surface area contributed by atoms with Gasteiger partial charge in [0.05, 0.1) is 6.04 Å². The molecule has 0 amide bonds. The number of carbonyl (C=O) groups is 2. The molecule has 0 radical (unpaired) electrons. The van der Waals surface area contributed by atoms with Crippen molar-refractivity contribution in [2.45, 2.75) is 50.9 Å². The van der Waals surface area contributed by atoms with E-state index < -0.39 is 23.1 Å². The highest BCUT2D eigenvalue weighted by Gasteiger charge is 2.64. The van der Waals surface area contributed by atoms with Crippen LogP contribution in [-0.4, -0.2) is 30.3 Å². The van der Waals surface area contributed by atoms with Crippen LogP contribution in [0.15, 0.2) is 53.0 Å². The molecule has 0 saturated carbocycles. The third-order valence-corrected chi connectivity index (χ3v) is 7.17. The predicted octanol–water partition coefficient (Wildman–Crippen LogP) is 4.58. The standard InChI is InChI=1S/C24H24BrNO4/c1-23(2)29-21(27)24(22(28)30-23)14-17-8-9-18(25)13-19(17)26-11-10-16(12-20(24)26)15-6-4-3-5-7-15/h3-9,13,16,20H,10-12,14H2,1-2H3/t16-,20-/m1/s1. The number of carbonyl (C=O) groups excluding carboxylic acids is 2. The summed E-state index contributed by atoms with van der Waals surface area (Å²) in [5, 5.41) is 0. The molecule has 5 nitrogen and oxygen atoms in total. The van der Waals surface area contributed by atoms with Crippen LogP contribution in [0.25, 0.3) is 0 Å². The van der Waals surface area contributed by atoms with Crippen LogP contribution in [0.3, 0.4) is 0 Å². The van der Waals surface area contributed by atoms with E-state index in [1.165, 1.54) is 5.56 Å². The summed E-state index contributed by atoms with van der Waals surface area (Å²) in [6.45, 7) is 3.98. The van der Waals surface area contributed by atoms with Gasteiger partial charge >= 0.3 is 11.9 Å². The number of fused-ring (bicyclic) bond motifs is 4. The fraction of sp³-hybridized carbons (Fsp3) is 0.417. The van der Waals surface area contributed by atoms with Crippen LogP contribution in [0, 0.1) is 5.41 Å². The molecule has 2 atom stereocenters. The van der Waals surface area contributed by atoms with Crippen molar-refractivity contribution in [1.82, 2.24) is 0 Å². The number of nitrogens with zero attached hydrogens (tertiary/aromatic N) is 1. The minimum Gasteiger partial charge on any atom is -0.422 e. The number of anilines is 1. The Balaban J connectivity index is 1.62. The molecule has 5 rings (SSSR count).